The number of alkyl halides is 3. The lowest BCUT2D eigenvalue weighted by atomic mass is 10.0. The Kier molecular flexibility index (Phi) is 6.05. The van der Waals surface area contributed by atoms with E-state index in [-0.39, 0.29) is 40.2 Å². The van der Waals surface area contributed by atoms with Crippen LogP contribution in [0.4, 0.5) is 23.4 Å². The summed E-state index contributed by atoms with van der Waals surface area (Å²) in [5.41, 5.74) is -4.49. The molecule has 0 aliphatic carbocycles. The molecule has 1 aliphatic heterocycles. The smallest absolute Gasteiger partial charge is 0.422 e. The number of nitriles is 1. The lowest BCUT2D eigenvalue weighted by Crippen LogP contribution is -2.40. The van der Waals surface area contributed by atoms with E-state index in [4.69, 9.17) is 4.74 Å². The van der Waals surface area contributed by atoms with Crippen molar-refractivity contribution in [1.29, 1.82) is 5.26 Å². The van der Waals surface area contributed by atoms with Crippen LogP contribution in [0.5, 0.6) is 5.75 Å². The van der Waals surface area contributed by atoms with Crippen LogP contribution in [0.15, 0.2) is 18.3 Å². The molecular weight excluding hydrogens is 458 g/mol. The summed E-state index contributed by atoms with van der Waals surface area (Å²) in [5, 5.41) is 29.9. The van der Waals surface area contributed by atoms with Gasteiger partial charge in [0, 0.05) is 18.7 Å². The minimum atomic E-state index is -5.06. The van der Waals surface area contributed by atoms with Crippen molar-refractivity contribution in [3.8, 4) is 23.2 Å². The van der Waals surface area contributed by atoms with Crippen LogP contribution in [0.2, 0.25) is 0 Å². The molecule has 0 amide bonds. The number of rotatable bonds is 5. The van der Waals surface area contributed by atoms with Crippen LogP contribution in [0, 0.1) is 17.1 Å². The Labute approximate surface area is 191 Å². The Morgan fingerprint density at radius 3 is 2.74 bits per heavy atom. The number of hydrogen-bond acceptors (Lipinski definition) is 8. The lowest BCUT2D eigenvalue weighted by molar-refractivity contribution is -0.261. The first-order valence-electron chi connectivity index (χ1n) is 10.4. The number of imidazole rings is 1. The number of nitrogens with zero attached hydrogens (tertiary/aromatic N) is 5. The van der Waals surface area contributed by atoms with E-state index in [1.165, 1.54) is 6.20 Å². The van der Waals surface area contributed by atoms with Gasteiger partial charge in [0.15, 0.2) is 11.5 Å². The van der Waals surface area contributed by atoms with Gasteiger partial charge in [-0.25, -0.2) is 18.9 Å². The number of halogens is 4. The number of anilines is 1. The first kappa shape index (κ1) is 23.7. The van der Waals surface area contributed by atoms with Crippen LogP contribution in [0.25, 0.3) is 17.0 Å². The summed E-state index contributed by atoms with van der Waals surface area (Å²) >= 11 is 0. The fraction of sp³-hybridized carbons (Fsp3) is 0.429. The zero-order valence-electron chi connectivity index (χ0n) is 18.2. The number of pyridine rings is 1. The Bertz CT molecular complexity index is 1260. The molecular formula is C21H21F4N7O2. The van der Waals surface area contributed by atoms with E-state index in [0.717, 1.165) is 43.1 Å². The van der Waals surface area contributed by atoms with Crippen LogP contribution in [0.3, 0.4) is 0 Å². The van der Waals surface area contributed by atoms with Crippen molar-refractivity contribution in [3.05, 3.63) is 35.4 Å². The van der Waals surface area contributed by atoms with Gasteiger partial charge in [-0.2, -0.15) is 23.5 Å². The van der Waals surface area contributed by atoms with E-state index in [0.29, 0.717) is 13.5 Å². The first-order valence-corrected chi connectivity index (χ1v) is 10.4. The first-order chi connectivity index (χ1) is 16.1. The van der Waals surface area contributed by atoms with Gasteiger partial charge in [-0.1, -0.05) is 0 Å². The van der Waals surface area contributed by atoms with Crippen molar-refractivity contribution in [2.24, 2.45) is 0 Å². The van der Waals surface area contributed by atoms with Gasteiger partial charge in [-0.3, -0.25) is 0 Å². The van der Waals surface area contributed by atoms with Crippen molar-refractivity contribution in [3.63, 3.8) is 0 Å². The maximum atomic E-state index is 15.0. The molecule has 2 atom stereocenters. The molecule has 0 bridgehead atoms. The highest BCUT2D eigenvalue weighted by molar-refractivity contribution is 5.66. The number of fused-ring (bicyclic) bond motifs is 1. The molecule has 1 saturated heterocycles. The second kappa shape index (κ2) is 8.69. The minimum Gasteiger partial charge on any atom is -0.495 e. The van der Waals surface area contributed by atoms with Crippen LogP contribution >= 0.6 is 0 Å². The van der Waals surface area contributed by atoms with Gasteiger partial charge in [0.1, 0.15) is 34.7 Å². The normalized spacial score (nSPS) is 18.4. The van der Waals surface area contributed by atoms with Gasteiger partial charge in [-0.15, -0.1) is 0 Å². The average molecular weight is 479 g/mol. The van der Waals surface area contributed by atoms with E-state index < -0.39 is 23.3 Å². The van der Waals surface area contributed by atoms with Crippen LogP contribution in [0.1, 0.15) is 31.0 Å². The van der Waals surface area contributed by atoms with Gasteiger partial charge < -0.3 is 20.5 Å². The quantitative estimate of drug-likeness (QED) is 0.478. The third-order valence-corrected chi connectivity index (χ3v) is 5.67. The summed E-state index contributed by atoms with van der Waals surface area (Å²) in [6.07, 6.45) is -2.14. The average Bonchev–Trinajstić information content (AvgIpc) is 3.21. The minimum absolute atomic E-state index is 0.0176. The number of hydrogen-bond donors (Lipinski definition) is 3. The maximum Gasteiger partial charge on any atom is 0.422 e. The highest BCUT2D eigenvalue weighted by Gasteiger charge is 2.54. The third kappa shape index (κ3) is 4.10. The third-order valence-electron chi connectivity index (χ3n) is 5.67. The molecule has 9 nitrogen and oxygen atoms in total. The molecule has 34 heavy (non-hydrogen) atoms. The summed E-state index contributed by atoms with van der Waals surface area (Å²) in [6.45, 7) is 2.04. The molecule has 3 aromatic heterocycles. The number of ether oxygens (including phenoxy) is 1. The molecule has 4 heterocycles. The zero-order chi connectivity index (χ0) is 24.7. The van der Waals surface area contributed by atoms with Crippen molar-refractivity contribution in [2.45, 2.75) is 37.6 Å². The fourth-order valence-corrected chi connectivity index (χ4v) is 3.72. The van der Waals surface area contributed by atoms with Gasteiger partial charge in [0.25, 0.3) is 0 Å². The van der Waals surface area contributed by atoms with E-state index in [1.54, 1.807) is 0 Å². The molecule has 0 spiro atoms. The molecule has 3 N–H and O–H groups in total. The molecule has 0 radical (unpaired) electrons. The highest BCUT2D eigenvalue weighted by Crippen LogP contribution is 2.41. The molecule has 0 saturated carbocycles. The molecule has 1 fully saturated rings. The lowest BCUT2D eigenvalue weighted by Gasteiger charge is -2.27. The summed E-state index contributed by atoms with van der Waals surface area (Å²) < 4.78 is 61.5. The van der Waals surface area contributed by atoms with Gasteiger partial charge in [0.05, 0.1) is 18.9 Å². The molecule has 1 unspecified atom stereocenters. The highest BCUT2D eigenvalue weighted by atomic mass is 19.4. The van der Waals surface area contributed by atoms with Gasteiger partial charge in [0.2, 0.25) is 5.60 Å². The Morgan fingerprint density at radius 2 is 2.12 bits per heavy atom. The maximum absolute atomic E-state index is 15.0. The molecule has 3 aromatic rings. The summed E-state index contributed by atoms with van der Waals surface area (Å²) in [6, 6.07) is 4.01. The Balaban J connectivity index is 1.86. The van der Waals surface area contributed by atoms with Gasteiger partial charge >= 0.3 is 6.18 Å². The van der Waals surface area contributed by atoms with E-state index in [1.807, 2.05) is 6.07 Å². The Hall–Kier alpha value is -3.50. The van der Waals surface area contributed by atoms with Crippen molar-refractivity contribution in [2.75, 3.05) is 25.5 Å². The van der Waals surface area contributed by atoms with Crippen LogP contribution in [-0.4, -0.2) is 57.1 Å². The topological polar surface area (TPSA) is 120 Å². The molecule has 180 valence electrons. The van der Waals surface area contributed by atoms with Crippen LogP contribution in [-0.2, 0) is 5.60 Å². The fourth-order valence-electron chi connectivity index (χ4n) is 3.72. The van der Waals surface area contributed by atoms with Crippen molar-refractivity contribution in [1.82, 2.24) is 24.9 Å². The summed E-state index contributed by atoms with van der Waals surface area (Å²) in [4.78, 5) is 8.33. The Morgan fingerprint density at radius 1 is 1.35 bits per heavy atom. The van der Waals surface area contributed by atoms with Crippen molar-refractivity contribution < 1.29 is 27.4 Å². The second-order valence-electron chi connectivity index (χ2n) is 8.06. The zero-order valence-corrected chi connectivity index (χ0v) is 18.2. The molecule has 13 heteroatoms. The second-order valence-corrected chi connectivity index (χ2v) is 8.06. The molecule has 0 aromatic carbocycles. The standard InChI is InChI=1S/C21H21F4N7O2/c1-20(33,21(23,24)25)18-15(34-2)7-16-28-10-14(32(16)31-18)17-13(22)6-11(8-26)19(30-17)29-12-4-3-5-27-9-12/h6-7,10,12,27,33H,3-5,9H2,1-2H3,(H,29,30)/t12-,20?/m0/s1. The van der Waals surface area contributed by atoms with Crippen LogP contribution < -0.4 is 15.4 Å². The summed E-state index contributed by atoms with van der Waals surface area (Å²) in [7, 11) is 1.13. The monoisotopic (exact) mass is 479 g/mol. The van der Waals surface area contributed by atoms with Gasteiger partial charge in [-0.05, 0) is 32.4 Å². The number of nitrogens with one attached hydrogen (secondary N) is 2. The van der Waals surface area contributed by atoms with E-state index >= 15 is 0 Å². The SMILES string of the molecule is COc1cc2ncc(-c3nc(N[C@H]4CCCNC4)c(C#N)cc3F)n2nc1C(C)(O)C(F)(F)F. The predicted octanol–water partition coefficient (Wildman–Crippen LogP) is 2.74. The van der Waals surface area contributed by atoms with E-state index in [9.17, 15) is 27.9 Å². The van der Waals surface area contributed by atoms with Crippen molar-refractivity contribution >= 4 is 11.5 Å². The predicted molar refractivity (Wildman–Crippen MR) is 113 cm³/mol. The number of aromatic nitrogens is 4. The summed E-state index contributed by atoms with van der Waals surface area (Å²) in [5.74, 6) is -1.08. The molecule has 4 rings (SSSR count). The largest absolute Gasteiger partial charge is 0.495 e. The number of methoxy groups -OCH3 is 1. The molecule has 1 aliphatic rings. The van der Waals surface area contributed by atoms with E-state index in [2.05, 4.69) is 25.7 Å². The number of aliphatic hydroxyl groups is 1. The number of piperidine rings is 1.